The van der Waals surface area contributed by atoms with Gasteiger partial charge in [0.15, 0.2) is 0 Å². The molecule has 1 aliphatic rings. The average Bonchev–Trinajstić information content (AvgIpc) is 2.19. The van der Waals surface area contributed by atoms with Gasteiger partial charge in [0.25, 0.3) is 0 Å². The molecule has 17 heavy (non-hydrogen) atoms. The van der Waals surface area contributed by atoms with Crippen molar-refractivity contribution in [3.63, 3.8) is 0 Å². The highest BCUT2D eigenvalue weighted by atomic mass is 16.4. The lowest BCUT2D eigenvalue weighted by Crippen LogP contribution is -2.54. The van der Waals surface area contributed by atoms with E-state index in [0.717, 1.165) is 0 Å². The second-order valence-corrected chi connectivity index (χ2v) is 5.18. The Morgan fingerprint density at radius 1 is 1.35 bits per heavy atom. The minimum Gasteiger partial charge on any atom is -0.481 e. The molecule has 98 valence electrons. The van der Waals surface area contributed by atoms with Crippen molar-refractivity contribution in [3.05, 3.63) is 0 Å². The van der Waals surface area contributed by atoms with E-state index in [9.17, 15) is 9.59 Å². The van der Waals surface area contributed by atoms with Gasteiger partial charge in [-0.15, -0.1) is 0 Å². The molecule has 5 heteroatoms. The van der Waals surface area contributed by atoms with Crippen molar-refractivity contribution < 1.29 is 14.7 Å². The first-order valence-electron chi connectivity index (χ1n) is 6.03. The van der Waals surface area contributed by atoms with Gasteiger partial charge >= 0.3 is 5.97 Å². The van der Waals surface area contributed by atoms with Crippen LogP contribution >= 0.6 is 0 Å². The van der Waals surface area contributed by atoms with E-state index in [4.69, 9.17) is 5.11 Å². The third-order valence-electron chi connectivity index (χ3n) is 3.61. The quantitative estimate of drug-likeness (QED) is 0.763. The Morgan fingerprint density at radius 3 is 2.29 bits per heavy atom. The first-order valence-corrected chi connectivity index (χ1v) is 6.03. The standard InChI is InChI=1S/C12H22N2O3/c1-8(2)13(4)11(15)7-14-5-10(6-14)9(3)12(16)17/h8-10H,5-7H2,1-4H3,(H,16,17). The Morgan fingerprint density at radius 2 is 1.88 bits per heavy atom. The van der Waals surface area contributed by atoms with E-state index >= 15 is 0 Å². The summed E-state index contributed by atoms with van der Waals surface area (Å²) < 4.78 is 0. The zero-order valence-corrected chi connectivity index (χ0v) is 11.0. The number of hydrogen-bond donors (Lipinski definition) is 1. The summed E-state index contributed by atoms with van der Waals surface area (Å²) in [6.07, 6.45) is 0. The predicted molar refractivity (Wildman–Crippen MR) is 64.6 cm³/mol. The molecule has 1 amide bonds. The van der Waals surface area contributed by atoms with E-state index in [1.807, 2.05) is 18.7 Å². The van der Waals surface area contributed by atoms with E-state index < -0.39 is 5.97 Å². The van der Waals surface area contributed by atoms with Crippen molar-refractivity contribution in [2.45, 2.75) is 26.8 Å². The second kappa shape index (κ2) is 5.49. The molecule has 1 fully saturated rings. The van der Waals surface area contributed by atoms with Gasteiger partial charge in [-0.25, -0.2) is 0 Å². The maximum atomic E-state index is 11.8. The summed E-state index contributed by atoms with van der Waals surface area (Å²) in [5.41, 5.74) is 0. The van der Waals surface area contributed by atoms with Crippen LogP contribution in [0.2, 0.25) is 0 Å². The van der Waals surface area contributed by atoms with Crippen LogP contribution in [0.4, 0.5) is 0 Å². The molecule has 1 unspecified atom stereocenters. The fourth-order valence-corrected chi connectivity index (χ4v) is 1.85. The Bertz CT molecular complexity index is 298. The van der Waals surface area contributed by atoms with Crippen LogP contribution < -0.4 is 0 Å². The van der Waals surface area contributed by atoms with E-state index in [1.54, 1.807) is 18.9 Å². The molecule has 1 aliphatic heterocycles. The van der Waals surface area contributed by atoms with Gasteiger partial charge in [-0.1, -0.05) is 6.92 Å². The van der Waals surface area contributed by atoms with E-state index in [-0.39, 0.29) is 23.8 Å². The van der Waals surface area contributed by atoms with Gasteiger partial charge in [0.05, 0.1) is 12.5 Å². The average molecular weight is 242 g/mol. The molecule has 1 saturated heterocycles. The molecule has 0 aromatic heterocycles. The molecule has 0 aromatic carbocycles. The number of rotatable bonds is 5. The minimum atomic E-state index is -0.750. The smallest absolute Gasteiger partial charge is 0.306 e. The summed E-state index contributed by atoms with van der Waals surface area (Å²) >= 11 is 0. The lowest BCUT2D eigenvalue weighted by atomic mass is 9.87. The van der Waals surface area contributed by atoms with Crippen molar-refractivity contribution in [1.82, 2.24) is 9.80 Å². The summed E-state index contributed by atoms with van der Waals surface area (Å²) in [6, 6.07) is 0.206. The van der Waals surface area contributed by atoms with Crippen LogP contribution in [0.1, 0.15) is 20.8 Å². The van der Waals surface area contributed by atoms with E-state index in [1.165, 1.54) is 0 Å². The number of carboxylic acids is 1. The highest BCUT2D eigenvalue weighted by Crippen LogP contribution is 2.23. The summed E-state index contributed by atoms with van der Waals surface area (Å²) in [7, 11) is 1.80. The summed E-state index contributed by atoms with van der Waals surface area (Å²) in [6.45, 7) is 7.51. The van der Waals surface area contributed by atoms with Gasteiger partial charge in [0.1, 0.15) is 0 Å². The van der Waals surface area contributed by atoms with Gasteiger partial charge in [-0.3, -0.25) is 14.5 Å². The Kier molecular flexibility index (Phi) is 4.51. The predicted octanol–water partition coefficient (Wildman–Crippen LogP) is 0.506. The van der Waals surface area contributed by atoms with Gasteiger partial charge < -0.3 is 10.0 Å². The molecule has 1 heterocycles. The van der Waals surface area contributed by atoms with E-state index in [0.29, 0.717) is 19.6 Å². The lowest BCUT2D eigenvalue weighted by Gasteiger charge is -2.41. The molecule has 5 nitrogen and oxygen atoms in total. The van der Waals surface area contributed by atoms with Crippen molar-refractivity contribution in [1.29, 1.82) is 0 Å². The molecule has 1 atom stereocenters. The van der Waals surface area contributed by atoms with E-state index in [2.05, 4.69) is 0 Å². The molecule has 0 spiro atoms. The van der Waals surface area contributed by atoms with Crippen molar-refractivity contribution in [2.24, 2.45) is 11.8 Å². The molecule has 0 saturated carbocycles. The summed E-state index contributed by atoms with van der Waals surface area (Å²) in [5.74, 6) is -0.782. The number of aliphatic carboxylic acids is 1. The second-order valence-electron chi connectivity index (χ2n) is 5.18. The molecular weight excluding hydrogens is 220 g/mol. The Hall–Kier alpha value is -1.10. The molecule has 0 aliphatic carbocycles. The van der Waals surface area contributed by atoms with Crippen LogP contribution in [-0.4, -0.2) is 59.5 Å². The topological polar surface area (TPSA) is 60.9 Å². The third kappa shape index (κ3) is 3.43. The normalized spacial score (nSPS) is 18.9. The summed E-state index contributed by atoms with van der Waals surface area (Å²) in [4.78, 5) is 26.3. The fourth-order valence-electron chi connectivity index (χ4n) is 1.85. The molecule has 0 radical (unpaired) electrons. The van der Waals surface area contributed by atoms with Gasteiger partial charge in [-0.05, 0) is 19.8 Å². The first-order chi connectivity index (χ1) is 7.82. The number of likely N-dealkylation sites (N-methyl/N-ethyl adjacent to an activating group) is 1. The Balaban J connectivity index is 2.30. The highest BCUT2D eigenvalue weighted by molar-refractivity contribution is 5.78. The molecule has 1 rings (SSSR count). The van der Waals surface area contributed by atoms with Crippen molar-refractivity contribution in [2.75, 3.05) is 26.7 Å². The zero-order chi connectivity index (χ0) is 13.2. The maximum absolute atomic E-state index is 11.8. The number of nitrogens with zero attached hydrogens (tertiary/aromatic N) is 2. The third-order valence-corrected chi connectivity index (χ3v) is 3.61. The largest absolute Gasteiger partial charge is 0.481 e. The molecule has 0 aromatic rings. The molecule has 1 N–H and O–H groups in total. The first kappa shape index (κ1) is 14.0. The van der Waals surface area contributed by atoms with Crippen molar-refractivity contribution in [3.8, 4) is 0 Å². The van der Waals surface area contributed by atoms with Crippen molar-refractivity contribution >= 4 is 11.9 Å². The van der Waals surface area contributed by atoms with Gasteiger partial charge in [-0.2, -0.15) is 0 Å². The van der Waals surface area contributed by atoms with Crippen LogP contribution in [0.3, 0.4) is 0 Å². The minimum absolute atomic E-state index is 0.0985. The van der Waals surface area contributed by atoms with Crippen LogP contribution in [-0.2, 0) is 9.59 Å². The van der Waals surface area contributed by atoms with Crippen LogP contribution in [0, 0.1) is 11.8 Å². The zero-order valence-electron chi connectivity index (χ0n) is 11.0. The van der Waals surface area contributed by atoms with Crippen LogP contribution in [0.15, 0.2) is 0 Å². The molecular formula is C12H22N2O3. The van der Waals surface area contributed by atoms with Crippen LogP contribution in [0.5, 0.6) is 0 Å². The number of likely N-dealkylation sites (tertiary alicyclic amines) is 1. The maximum Gasteiger partial charge on any atom is 0.306 e. The number of carboxylic acid groups (broad SMARTS) is 1. The monoisotopic (exact) mass is 242 g/mol. The number of carbonyl (C=O) groups excluding carboxylic acids is 1. The highest BCUT2D eigenvalue weighted by Gasteiger charge is 2.35. The lowest BCUT2D eigenvalue weighted by molar-refractivity contribution is -0.146. The SMILES string of the molecule is CC(C(=O)O)C1CN(CC(=O)N(C)C(C)C)C1. The fraction of sp³-hybridized carbons (Fsp3) is 0.833. The number of amides is 1. The number of carbonyl (C=O) groups is 2. The molecule has 0 bridgehead atoms. The Labute approximate surface area is 102 Å². The summed E-state index contributed by atoms with van der Waals surface area (Å²) in [5, 5.41) is 8.85. The van der Waals surface area contributed by atoms with Gasteiger partial charge in [0.2, 0.25) is 5.91 Å². The van der Waals surface area contributed by atoms with Gasteiger partial charge in [0, 0.05) is 26.2 Å². The number of hydrogen-bond acceptors (Lipinski definition) is 3. The van der Waals surface area contributed by atoms with Crippen LogP contribution in [0.25, 0.3) is 0 Å².